The molecule has 24 heavy (non-hydrogen) atoms. The summed E-state index contributed by atoms with van der Waals surface area (Å²) in [5.41, 5.74) is -0.123. The first-order chi connectivity index (χ1) is 11.2. The number of alkyl halides is 2. The van der Waals surface area contributed by atoms with Crippen LogP contribution in [0.25, 0.3) is 0 Å². The second kappa shape index (κ2) is 7.07. The number of methoxy groups -OCH3 is 2. The molecule has 1 saturated carbocycles. The van der Waals surface area contributed by atoms with Gasteiger partial charge >= 0.3 is 5.97 Å². The maximum Gasteiger partial charge on any atom is 0.315 e. The van der Waals surface area contributed by atoms with Crippen molar-refractivity contribution in [3.05, 3.63) is 23.8 Å². The topological polar surface area (TPSA) is 73.9 Å². The molecule has 2 rings (SSSR count). The number of hydrogen-bond donors (Lipinski definition) is 1. The lowest BCUT2D eigenvalue weighted by Crippen LogP contribution is -2.31. The molecule has 1 N–H and O–H groups in total. The monoisotopic (exact) mass is 375 g/mol. The number of hydrogen-bond acceptors (Lipinski definition) is 5. The number of benzene rings is 1. The van der Waals surface area contributed by atoms with Gasteiger partial charge in [0.1, 0.15) is 9.75 Å². The molecule has 1 amide bonds. The van der Waals surface area contributed by atoms with Crippen molar-refractivity contribution >= 4 is 35.1 Å². The van der Waals surface area contributed by atoms with Gasteiger partial charge in [-0.1, -0.05) is 6.07 Å². The van der Waals surface area contributed by atoms with E-state index in [4.69, 9.17) is 37.4 Å². The molecule has 1 aliphatic carbocycles. The van der Waals surface area contributed by atoms with Gasteiger partial charge in [-0.05, 0) is 24.6 Å². The predicted molar refractivity (Wildman–Crippen MR) is 89.5 cm³/mol. The molecule has 1 aromatic rings. The third kappa shape index (κ3) is 3.87. The number of halogens is 2. The Labute approximate surface area is 150 Å². The van der Waals surface area contributed by atoms with Crippen LogP contribution in [-0.4, -0.2) is 37.0 Å². The van der Waals surface area contributed by atoms with Gasteiger partial charge in [0.15, 0.2) is 18.1 Å². The van der Waals surface area contributed by atoms with Crippen molar-refractivity contribution in [2.45, 2.75) is 24.2 Å². The van der Waals surface area contributed by atoms with E-state index < -0.39 is 21.6 Å². The molecule has 0 aliphatic heterocycles. The highest BCUT2D eigenvalue weighted by atomic mass is 35.5. The van der Waals surface area contributed by atoms with Crippen LogP contribution in [0, 0.1) is 5.41 Å². The van der Waals surface area contributed by atoms with Crippen molar-refractivity contribution < 1.29 is 23.8 Å². The minimum Gasteiger partial charge on any atom is -0.493 e. The minimum atomic E-state index is -1.11. The van der Waals surface area contributed by atoms with E-state index in [-0.39, 0.29) is 13.2 Å². The molecule has 1 fully saturated rings. The molecule has 1 unspecified atom stereocenters. The van der Waals surface area contributed by atoms with Crippen LogP contribution in [0.2, 0.25) is 0 Å². The van der Waals surface area contributed by atoms with E-state index in [9.17, 15) is 9.59 Å². The van der Waals surface area contributed by atoms with Crippen molar-refractivity contribution in [3.63, 3.8) is 0 Å². The van der Waals surface area contributed by atoms with E-state index in [0.717, 1.165) is 5.56 Å². The average Bonchev–Trinajstić information content (AvgIpc) is 3.09. The van der Waals surface area contributed by atoms with Crippen LogP contribution < -0.4 is 14.8 Å². The molecule has 0 saturated heterocycles. The number of amides is 1. The van der Waals surface area contributed by atoms with Crippen LogP contribution in [0.5, 0.6) is 11.5 Å². The van der Waals surface area contributed by atoms with Crippen molar-refractivity contribution in [3.8, 4) is 11.5 Å². The SMILES string of the molecule is COc1ccc(CNC(=O)COC(=O)C2(C)CC2(Cl)Cl)cc1OC. The van der Waals surface area contributed by atoms with Crippen LogP contribution in [0.15, 0.2) is 18.2 Å². The third-order valence-corrected chi connectivity index (χ3v) is 5.08. The average molecular weight is 376 g/mol. The lowest BCUT2D eigenvalue weighted by Gasteiger charge is -2.12. The number of nitrogens with one attached hydrogen (secondary N) is 1. The molecule has 0 spiro atoms. The van der Waals surface area contributed by atoms with Crippen molar-refractivity contribution in [2.75, 3.05) is 20.8 Å². The summed E-state index contributed by atoms with van der Waals surface area (Å²) in [5, 5.41) is 2.66. The lowest BCUT2D eigenvalue weighted by molar-refractivity contribution is -0.153. The van der Waals surface area contributed by atoms with Gasteiger partial charge < -0.3 is 19.5 Å². The maximum absolute atomic E-state index is 11.9. The Morgan fingerprint density at radius 3 is 2.38 bits per heavy atom. The zero-order chi connectivity index (χ0) is 18.0. The summed E-state index contributed by atoms with van der Waals surface area (Å²) in [6, 6.07) is 5.30. The largest absolute Gasteiger partial charge is 0.493 e. The first kappa shape index (κ1) is 18.7. The van der Waals surface area contributed by atoms with Gasteiger partial charge in [-0.2, -0.15) is 0 Å². The Hall–Kier alpha value is -1.66. The Bertz CT molecular complexity index is 649. The fourth-order valence-electron chi connectivity index (χ4n) is 2.15. The van der Waals surface area contributed by atoms with Crippen LogP contribution in [0.1, 0.15) is 18.9 Å². The zero-order valence-electron chi connectivity index (χ0n) is 13.7. The van der Waals surface area contributed by atoms with Gasteiger partial charge in [-0.3, -0.25) is 9.59 Å². The molecule has 0 aromatic heterocycles. The molecular formula is C16H19Cl2NO5. The summed E-state index contributed by atoms with van der Waals surface area (Å²) >= 11 is 11.8. The van der Waals surface area contributed by atoms with Crippen LogP contribution in [0.4, 0.5) is 0 Å². The number of ether oxygens (including phenoxy) is 3. The minimum absolute atomic E-state index is 0.267. The molecular weight excluding hydrogens is 357 g/mol. The second-order valence-corrected chi connectivity index (χ2v) is 7.24. The van der Waals surface area contributed by atoms with E-state index in [1.807, 2.05) is 0 Å². The van der Waals surface area contributed by atoms with Gasteiger partial charge in [-0.15, -0.1) is 23.2 Å². The summed E-state index contributed by atoms with van der Waals surface area (Å²) in [6.45, 7) is 1.49. The summed E-state index contributed by atoms with van der Waals surface area (Å²) in [6.07, 6.45) is 0.315. The summed E-state index contributed by atoms with van der Waals surface area (Å²) < 4.78 is 14.2. The third-order valence-electron chi connectivity index (χ3n) is 3.98. The fourth-order valence-corrected chi connectivity index (χ4v) is 2.84. The van der Waals surface area contributed by atoms with E-state index in [1.54, 1.807) is 32.2 Å². The Morgan fingerprint density at radius 1 is 1.21 bits per heavy atom. The molecule has 0 heterocycles. The first-order valence-corrected chi connectivity index (χ1v) is 8.02. The molecule has 0 bridgehead atoms. The quantitative estimate of drug-likeness (QED) is 0.585. The Morgan fingerprint density at radius 2 is 1.83 bits per heavy atom. The van der Waals surface area contributed by atoms with E-state index in [1.165, 1.54) is 7.11 Å². The van der Waals surface area contributed by atoms with Gasteiger partial charge in [0.05, 0.1) is 14.2 Å². The smallest absolute Gasteiger partial charge is 0.315 e. The van der Waals surface area contributed by atoms with E-state index in [2.05, 4.69) is 5.32 Å². The number of esters is 1. The highest BCUT2D eigenvalue weighted by Crippen LogP contribution is 2.64. The van der Waals surface area contributed by atoms with Crippen molar-refractivity contribution in [2.24, 2.45) is 5.41 Å². The Kier molecular flexibility index (Phi) is 5.50. The molecule has 6 nitrogen and oxygen atoms in total. The van der Waals surface area contributed by atoms with Gasteiger partial charge in [-0.25, -0.2) is 0 Å². The van der Waals surface area contributed by atoms with E-state index in [0.29, 0.717) is 17.9 Å². The predicted octanol–water partition coefficient (Wildman–Crippen LogP) is 2.45. The summed E-state index contributed by atoms with van der Waals surface area (Å²) in [4.78, 5) is 23.7. The van der Waals surface area contributed by atoms with Crippen molar-refractivity contribution in [1.29, 1.82) is 0 Å². The maximum atomic E-state index is 11.9. The molecule has 132 valence electrons. The van der Waals surface area contributed by atoms with Crippen LogP contribution >= 0.6 is 23.2 Å². The second-order valence-electron chi connectivity index (χ2n) is 5.76. The summed E-state index contributed by atoms with van der Waals surface area (Å²) in [5.74, 6) is 0.175. The fraction of sp³-hybridized carbons (Fsp3) is 0.500. The highest BCUT2D eigenvalue weighted by Gasteiger charge is 2.69. The normalized spacial score (nSPS) is 20.9. The van der Waals surface area contributed by atoms with E-state index >= 15 is 0 Å². The van der Waals surface area contributed by atoms with Gasteiger partial charge in [0, 0.05) is 13.0 Å². The zero-order valence-corrected chi connectivity index (χ0v) is 15.2. The van der Waals surface area contributed by atoms with Crippen molar-refractivity contribution in [1.82, 2.24) is 5.32 Å². The molecule has 0 radical (unpaired) electrons. The van der Waals surface area contributed by atoms with Gasteiger partial charge in [0.2, 0.25) is 0 Å². The molecule has 1 atom stereocenters. The number of carbonyl (C=O) groups excluding carboxylic acids is 2. The molecule has 8 heteroatoms. The first-order valence-electron chi connectivity index (χ1n) is 7.26. The van der Waals surface area contributed by atoms with Crippen LogP contribution in [0.3, 0.4) is 0 Å². The highest BCUT2D eigenvalue weighted by molar-refractivity contribution is 6.53. The van der Waals surface area contributed by atoms with Crippen LogP contribution in [-0.2, 0) is 20.9 Å². The summed E-state index contributed by atoms with van der Waals surface area (Å²) in [7, 11) is 3.08. The van der Waals surface area contributed by atoms with Gasteiger partial charge in [0.25, 0.3) is 5.91 Å². The molecule has 1 aromatic carbocycles. The molecule has 1 aliphatic rings. The lowest BCUT2D eigenvalue weighted by atomic mass is 10.1. The standard InChI is InChI=1S/C16H19Cl2NO5/c1-15(9-16(15,17)18)14(21)24-8-13(20)19-7-10-4-5-11(22-2)12(6-10)23-3/h4-6H,7-9H2,1-3H3,(H,19,20). The number of rotatable bonds is 7. The Balaban J connectivity index is 1.80. The number of carbonyl (C=O) groups is 2.